The van der Waals surface area contributed by atoms with Crippen LogP contribution in [0.1, 0.15) is 24.4 Å². The largest absolute Gasteiger partial charge is 0.506 e. The fourth-order valence-corrected chi connectivity index (χ4v) is 6.16. The van der Waals surface area contributed by atoms with Gasteiger partial charge < -0.3 is 15.2 Å². The second kappa shape index (κ2) is 11.1. The van der Waals surface area contributed by atoms with Crippen LogP contribution in [0.25, 0.3) is 0 Å². The van der Waals surface area contributed by atoms with E-state index in [1.54, 1.807) is 0 Å². The van der Waals surface area contributed by atoms with Gasteiger partial charge >= 0.3 is 0 Å². The summed E-state index contributed by atoms with van der Waals surface area (Å²) in [5.41, 5.74) is 1.15. The molecule has 0 saturated carbocycles. The molecule has 2 aliphatic heterocycles. The molecular weight excluding hydrogens is 563 g/mol. The number of nitrogens with one attached hydrogen (secondary N) is 1. The normalized spacial score (nSPS) is 20.4. The van der Waals surface area contributed by atoms with Crippen LogP contribution in [0.3, 0.4) is 0 Å². The van der Waals surface area contributed by atoms with Crippen LogP contribution in [0.5, 0.6) is 5.75 Å². The summed E-state index contributed by atoms with van der Waals surface area (Å²) in [5.74, 6) is 0.811. The van der Waals surface area contributed by atoms with E-state index in [9.17, 15) is 5.11 Å². The van der Waals surface area contributed by atoms with Crippen molar-refractivity contribution in [2.75, 3.05) is 39.4 Å². The molecule has 2 heterocycles. The first-order valence-electron chi connectivity index (χ1n) is 7.98. The number of aromatic hydroxyl groups is 1. The zero-order chi connectivity index (χ0) is 16.4. The molecule has 0 amide bonds. The van der Waals surface area contributed by atoms with Crippen LogP contribution >= 0.6 is 72.6 Å². The van der Waals surface area contributed by atoms with Crippen molar-refractivity contribution < 1.29 is 9.84 Å². The minimum absolute atomic E-state index is 0. The molecule has 0 aliphatic carbocycles. The lowest BCUT2D eigenvalue weighted by Crippen LogP contribution is -2.47. The van der Waals surface area contributed by atoms with Crippen molar-refractivity contribution in [2.24, 2.45) is 5.92 Å². The second-order valence-electron chi connectivity index (χ2n) is 6.10. The Morgan fingerprint density at radius 1 is 1.08 bits per heavy atom. The van der Waals surface area contributed by atoms with Crippen LogP contribution in [-0.2, 0) is 4.74 Å². The Hall–Kier alpha value is 0.920. The molecule has 2 aliphatic rings. The predicted molar refractivity (Wildman–Crippen MR) is 116 cm³/mol. The summed E-state index contributed by atoms with van der Waals surface area (Å²) in [6.45, 7) is 5.72. The van der Waals surface area contributed by atoms with Crippen LogP contribution in [0.4, 0.5) is 0 Å². The zero-order valence-corrected chi connectivity index (χ0v) is 20.0. The summed E-state index contributed by atoms with van der Waals surface area (Å²) in [6.07, 6.45) is 2.12. The third-order valence-corrected chi connectivity index (χ3v) is 6.80. The Morgan fingerprint density at radius 3 is 2.28 bits per heavy atom. The lowest BCUT2D eigenvalue weighted by molar-refractivity contribution is 0.0208. The highest BCUT2D eigenvalue weighted by Crippen LogP contribution is 2.47. The van der Waals surface area contributed by atoms with E-state index >= 15 is 0 Å². The summed E-state index contributed by atoms with van der Waals surface area (Å²) >= 11 is 10.8. The number of hydrogen-bond donors (Lipinski definition) is 2. The van der Waals surface area contributed by atoms with E-state index in [1.807, 2.05) is 6.07 Å². The highest BCUT2D eigenvalue weighted by Gasteiger charge is 2.34. The Bertz CT molecular complexity index is 551. The van der Waals surface area contributed by atoms with Crippen molar-refractivity contribution in [3.63, 3.8) is 0 Å². The van der Waals surface area contributed by atoms with E-state index in [1.165, 1.54) is 0 Å². The van der Waals surface area contributed by atoms with Crippen molar-refractivity contribution in [2.45, 2.75) is 18.9 Å². The van der Waals surface area contributed by atoms with Crippen molar-refractivity contribution in [3.8, 4) is 5.75 Å². The van der Waals surface area contributed by atoms with Crippen LogP contribution in [-0.4, -0.2) is 49.4 Å². The Balaban J connectivity index is 0.00000156. The Morgan fingerprint density at radius 2 is 1.68 bits per heavy atom. The molecule has 2 fully saturated rings. The predicted octanol–water partition coefficient (Wildman–Crippen LogP) is 4.90. The van der Waals surface area contributed by atoms with Crippen molar-refractivity contribution in [1.82, 2.24) is 10.2 Å². The van der Waals surface area contributed by atoms with Crippen molar-refractivity contribution in [1.29, 1.82) is 0 Å². The average Bonchev–Trinajstić information content (AvgIpc) is 2.58. The standard InChI is InChI=1S/C16H21Br3N2O2.2ClH/c17-11-9-12(18)16(22)14(19)13(11)15(10-1-7-23-8-2-10)21-5-3-20-4-6-21;;/h9-10,15,20,22H,1-8H2;2*1H/t15-;;/m1../s1. The quantitative estimate of drug-likeness (QED) is 0.530. The number of ether oxygens (including phenoxy) is 1. The highest BCUT2D eigenvalue weighted by atomic mass is 79.9. The summed E-state index contributed by atoms with van der Waals surface area (Å²) < 4.78 is 8.08. The van der Waals surface area contributed by atoms with E-state index in [4.69, 9.17) is 4.74 Å². The third-order valence-electron chi connectivity index (χ3n) is 4.73. The molecule has 2 saturated heterocycles. The van der Waals surface area contributed by atoms with E-state index < -0.39 is 0 Å². The number of phenols is 1. The van der Waals surface area contributed by atoms with Crippen LogP contribution < -0.4 is 5.32 Å². The van der Waals surface area contributed by atoms with E-state index in [0.29, 0.717) is 10.4 Å². The van der Waals surface area contributed by atoms with Crippen molar-refractivity contribution in [3.05, 3.63) is 25.0 Å². The maximum atomic E-state index is 10.4. The first kappa shape index (κ1) is 24.0. The molecule has 9 heteroatoms. The van der Waals surface area contributed by atoms with Crippen LogP contribution in [0.2, 0.25) is 0 Å². The van der Waals surface area contributed by atoms with Gasteiger partial charge in [0.2, 0.25) is 0 Å². The first-order valence-corrected chi connectivity index (χ1v) is 10.4. The summed E-state index contributed by atoms with van der Waals surface area (Å²) in [4.78, 5) is 2.55. The van der Waals surface area contributed by atoms with Gasteiger partial charge in [0.1, 0.15) is 5.75 Å². The fraction of sp³-hybridized carbons (Fsp3) is 0.625. The molecule has 4 nitrogen and oxygen atoms in total. The molecule has 1 aromatic carbocycles. The summed E-state index contributed by atoms with van der Waals surface area (Å²) in [6, 6.07) is 2.23. The Kier molecular flexibility index (Phi) is 10.6. The lowest BCUT2D eigenvalue weighted by atomic mass is 9.85. The molecule has 3 rings (SSSR count). The molecule has 0 radical (unpaired) electrons. The summed E-state index contributed by atoms with van der Waals surface area (Å²) in [7, 11) is 0. The molecule has 1 aromatic rings. The van der Waals surface area contributed by atoms with Crippen LogP contribution in [0, 0.1) is 5.92 Å². The minimum atomic E-state index is 0. The molecule has 144 valence electrons. The van der Waals surface area contributed by atoms with Gasteiger partial charge in [0.15, 0.2) is 0 Å². The first-order chi connectivity index (χ1) is 11.1. The van der Waals surface area contributed by atoms with Gasteiger partial charge in [-0.3, -0.25) is 4.90 Å². The van der Waals surface area contributed by atoms with E-state index in [0.717, 1.165) is 66.7 Å². The highest BCUT2D eigenvalue weighted by molar-refractivity contribution is 9.11. The fourth-order valence-electron chi connectivity index (χ4n) is 3.57. The van der Waals surface area contributed by atoms with Gasteiger partial charge in [-0.2, -0.15) is 0 Å². The number of phenolic OH excluding ortho intramolecular Hbond substituents is 1. The van der Waals surface area contributed by atoms with Gasteiger partial charge in [-0.05, 0) is 56.7 Å². The second-order valence-corrected chi connectivity index (χ2v) is 8.60. The van der Waals surface area contributed by atoms with Gasteiger partial charge in [-0.1, -0.05) is 15.9 Å². The van der Waals surface area contributed by atoms with Gasteiger partial charge in [0.05, 0.1) is 8.95 Å². The number of hydrogen-bond acceptors (Lipinski definition) is 4. The maximum absolute atomic E-state index is 10.4. The molecule has 0 aromatic heterocycles. The number of piperazine rings is 1. The SMILES string of the molecule is Cl.Cl.Oc1c(Br)cc(Br)c([C@@H](C2CCOCC2)N2CCNCC2)c1Br. The number of nitrogens with zero attached hydrogens (tertiary/aromatic N) is 1. The third kappa shape index (κ3) is 5.47. The zero-order valence-electron chi connectivity index (χ0n) is 13.6. The smallest absolute Gasteiger partial charge is 0.144 e. The Labute approximate surface area is 186 Å². The van der Waals surface area contributed by atoms with E-state index in [-0.39, 0.29) is 36.6 Å². The van der Waals surface area contributed by atoms with Gasteiger partial charge in [0, 0.05) is 55.5 Å². The number of halogens is 5. The van der Waals surface area contributed by atoms with Crippen LogP contribution in [0.15, 0.2) is 19.5 Å². The molecule has 25 heavy (non-hydrogen) atoms. The molecule has 2 N–H and O–H groups in total. The molecular formula is C16H23Br3Cl2N2O2. The molecule has 0 bridgehead atoms. The molecule has 0 unspecified atom stereocenters. The maximum Gasteiger partial charge on any atom is 0.144 e. The van der Waals surface area contributed by atoms with Crippen molar-refractivity contribution >= 4 is 72.6 Å². The average molecular weight is 586 g/mol. The lowest BCUT2D eigenvalue weighted by Gasteiger charge is -2.42. The molecule has 1 atom stereocenters. The molecule has 0 spiro atoms. The van der Waals surface area contributed by atoms with Gasteiger partial charge in [-0.25, -0.2) is 0 Å². The van der Waals surface area contributed by atoms with Gasteiger partial charge in [-0.15, -0.1) is 24.8 Å². The minimum Gasteiger partial charge on any atom is -0.506 e. The van der Waals surface area contributed by atoms with Gasteiger partial charge in [0.25, 0.3) is 0 Å². The van der Waals surface area contributed by atoms with E-state index in [2.05, 4.69) is 58.0 Å². The number of rotatable bonds is 3. The number of benzene rings is 1. The summed E-state index contributed by atoms with van der Waals surface area (Å²) in [5, 5.41) is 13.8. The monoisotopic (exact) mass is 582 g/mol. The topological polar surface area (TPSA) is 44.7 Å².